The van der Waals surface area contributed by atoms with Crippen molar-refractivity contribution >= 4 is 11.6 Å². The van der Waals surface area contributed by atoms with Gasteiger partial charge in [0, 0.05) is 12.0 Å². The van der Waals surface area contributed by atoms with Gasteiger partial charge in [0.25, 0.3) is 0 Å². The lowest BCUT2D eigenvalue weighted by Gasteiger charge is -2.25. The molecule has 100 valence electrons. The summed E-state index contributed by atoms with van der Waals surface area (Å²) in [5.41, 5.74) is 0.836. The quantitative estimate of drug-likeness (QED) is 0.896. The Balaban J connectivity index is 2.65. The van der Waals surface area contributed by atoms with Gasteiger partial charge in [-0.2, -0.15) is 0 Å². The summed E-state index contributed by atoms with van der Waals surface area (Å²) in [7, 11) is 0. The first kappa shape index (κ1) is 13.5. The maximum absolute atomic E-state index is 10.2. The van der Waals surface area contributed by atoms with E-state index in [0.717, 1.165) is 24.0 Å². The molecule has 0 atom stereocenters. The minimum absolute atomic E-state index is 0.501. The molecule has 0 saturated heterocycles. The summed E-state index contributed by atoms with van der Waals surface area (Å²) in [6.07, 6.45) is 1.61. The van der Waals surface area contributed by atoms with Crippen LogP contribution < -0.4 is 9.47 Å². The van der Waals surface area contributed by atoms with E-state index in [1.807, 2.05) is 6.92 Å². The van der Waals surface area contributed by atoms with Crippen LogP contribution in [0.5, 0.6) is 11.5 Å². The number of fused-ring (bicyclic) bond motifs is 1. The maximum Gasteiger partial charge on any atom is 0.180 e. The lowest BCUT2D eigenvalue weighted by atomic mass is 9.91. The number of ether oxygens (including phenoxy) is 2. The second-order valence-electron chi connectivity index (χ2n) is 5.01. The lowest BCUT2D eigenvalue weighted by Crippen LogP contribution is -2.19. The molecule has 1 heterocycles. The standard InChI is InChI=1S/C14H19ClO3/c1-4-9-10(14(2,3)16)8-11(15)13-12(9)17-6-5-7-18-13/h8,16H,4-7H2,1-3H3. The van der Waals surface area contributed by atoms with Gasteiger partial charge in [-0.25, -0.2) is 0 Å². The van der Waals surface area contributed by atoms with Crippen molar-refractivity contribution in [1.82, 2.24) is 0 Å². The SMILES string of the molecule is CCc1c(C(C)(C)O)cc(Cl)c2c1OCCCO2. The third-order valence-electron chi connectivity index (χ3n) is 3.09. The molecule has 0 saturated carbocycles. The Morgan fingerprint density at radius 1 is 1.28 bits per heavy atom. The zero-order valence-electron chi connectivity index (χ0n) is 11.0. The van der Waals surface area contributed by atoms with Crippen LogP contribution in [0.15, 0.2) is 6.07 Å². The smallest absolute Gasteiger partial charge is 0.180 e. The normalized spacial score (nSPS) is 15.4. The van der Waals surface area contributed by atoms with E-state index in [0.29, 0.717) is 29.7 Å². The molecular weight excluding hydrogens is 252 g/mol. The van der Waals surface area contributed by atoms with Crippen LogP contribution in [0.4, 0.5) is 0 Å². The molecule has 18 heavy (non-hydrogen) atoms. The van der Waals surface area contributed by atoms with Crippen molar-refractivity contribution in [3.63, 3.8) is 0 Å². The fourth-order valence-corrected chi connectivity index (χ4v) is 2.49. The molecule has 4 heteroatoms. The molecule has 1 aliphatic rings. The van der Waals surface area contributed by atoms with Crippen molar-refractivity contribution in [3.05, 3.63) is 22.2 Å². The highest BCUT2D eigenvalue weighted by Crippen LogP contribution is 2.44. The second kappa shape index (κ2) is 4.98. The fourth-order valence-electron chi connectivity index (χ4n) is 2.24. The van der Waals surface area contributed by atoms with E-state index in [-0.39, 0.29) is 0 Å². The van der Waals surface area contributed by atoms with Gasteiger partial charge in [0.15, 0.2) is 11.5 Å². The summed E-state index contributed by atoms with van der Waals surface area (Å²) in [6.45, 7) is 6.76. The monoisotopic (exact) mass is 270 g/mol. The summed E-state index contributed by atoms with van der Waals surface area (Å²) in [5, 5.41) is 10.7. The third kappa shape index (κ3) is 2.43. The molecule has 0 spiro atoms. The molecule has 3 nitrogen and oxygen atoms in total. The van der Waals surface area contributed by atoms with E-state index in [9.17, 15) is 5.11 Å². The molecular formula is C14H19ClO3. The molecule has 0 aliphatic carbocycles. The topological polar surface area (TPSA) is 38.7 Å². The zero-order valence-corrected chi connectivity index (χ0v) is 11.8. The van der Waals surface area contributed by atoms with Gasteiger partial charge >= 0.3 is 0 Å². The van der Waals surface area contributed by atoms with E-state index in [1.165, 1.54) is 0 Å². The van der Waals surface area contributed by atoms with Crippen molar-refractivity contribution in [2.75, 3.05) is 13.2 Å². The van der Waals surface area contributed by atoms with Gasteiger partial charge in [-0.15, -0.1) is 0 Å². The van der Waals surface area contributed by atoms with Crippen molar-refractivity contribution in [3.8, 4) is 11.5 Å². The Morgan fingerprint density at radius 2 is 1.89 bits per heavy atom. The molecule has 0 amide bonds. The van der Waals surface area contributed by atoms with Gasteiger partial charge in [-0.1, -0.05) is 18.5 Å². The zero-order chi connectivity index (χ0) is 13.3. The van der Waals surface area contributed by atoms with Gasteiger partial charge in [-0.3, -0.25) is 0 Å². The molecule has 0 fully saturated rings. The predicted octanol–water partition coefficient (Wildman–Crippen LogP) is 3.29. The molecule has 0 bridgehead atoms. The average molecular weight is 271 g/mol. The van der Waals surface area contributed by atoms with Gasteiger partial charge in [0.05, 0.1) is 23.8 Å². The van der Waals surface area contributed by atoms with Crippen LogP contribution in [0.1, 0.15) is 38.3 Å². The van der Waals surface area contributed by atoms with Gasteiger partial charge < -0.3 is 14.6 Å². The molecule has 0 unspecified atom stereocenters. The Kier molecular flexibility index (Phi) is 3.74. The largest absolute Gasteiger partial charge is 0.489 e. The van der Waals surface area contributed by atoms with Gasteiger partial charge in [0.1, 0.15) is 0 Å². The highest BCUT2D eigenvalue weighted by Gasteiger charge is 2.27. The van der Waals surface area contributed by atoms with E-state index in [1.54, 1.807) is 19.9 Å². The van der Waals surface area contributed by atoms with Crippen LogP contribution in [0, 0.1) is 0 Å². The molecule has 0 aromatic heterocycles. The summed E-state index contributed by atoms with van der Waals surface area (Å²) < 4.78 is 11.4. The third-order valence-corrected chi connectivity index (χ3v) is 3.37. The fraction of sp³-hybridized carbons (Fsp3) is 0.571. The summed E-state index contributed by atoms with van der Waals surface area (Å²) in [4.78, 5) is 0. The predicted molar refractivity (Wildman–Crippen MR) is 71.7 cm³/mol. The van der Waals surface area contributed by atoms with E-state index < -0.39 is 5.60 Å². The number of halogens is 1. The van der Waals surface area contributed by atoms with Crippen molar-refractivity contribution in [2.45, 2.75) is 39.2 Å². The molecule has 0 radical (unpaired) electrons. The summed E-state index contributed by atoms with van der Waals surface area (Å²) in [5.74, 6) is 1.30. The number of benzene rings is 1. The lowest BCUT2D eigenvalue weighted by molar-refractivity contribution is 0.0772. The first-order valence-corrected chi connectivity index (χ1v) is 6.66. The highest BCUT2D eigenvalue weighted by atomic mass is 35.5. The number of hydrogen-bond acceptors (Lipinski definition) is 3. The van der Waals surface area contributed by atoms with Crippen LogP contribution in [0.2, 0.25) is 5.02 Å². The van der Waals surface area contributed by atoms with Gasteiger partial charge in [-0.05, 0) is 31.9 Å². The number of rotatable bonds is 2. The van der Waals surface area contributed by atoms with Crippen molar-refractivity contribution in [1.29, 1.82) is 0 Å². The minimum Gasteiger partial charge on any atom is -0.489 e. The maximum atomic E-state index is 10.2. The average Bonchev–Trinajstić information content (AvgIpc) is 2.53. The van der Waals surface area contributed by atoms with Crippen LogP contribution in [0.25, 0.3) is 0 Å². The Bertz CT molecular complexity index is 449. The number of aliphatic hydroxyl groups is 1. The van der Waals surface area contributed by atoms with Gasteiger partial charge in [0.2, 0.25) is 0 Å². The molecule has 2 rings (SSSR count). The Morgan fingerprint density at radius 3 is 2.44 bits per heavy atom. The summed E-state index contributed by atoms with van der Waals surface area (Å²) in [6, 6.07) is 1.79. The van der Waals surface area contributed by atoms with Crippen LogP contribution in [-0.2, 0) is 12.0 Å². The molecule has 1 N–H and O–H groups in total. The molecule has 1 aromatic rings. The van der Waals surface area contributed by atoms with E-state index in [2.05, 4.69) is 0 Å². The Hall–Kier alpha value is -0.930. The minimum atomic E-state index is -0.945. The van der Waals surface area contributed by atoms with Crippen molar-refractivity contribution < 1.29 is 14.6 Å². The van der Waals surface area contributed by atoms with Crippen LogP contribution >= 0.6 is 11.6 Å². The summed E-state index contributed by atoms with van der Waals surface area (Å²) >= 11 is 6.24. The van der Waals surface area contributed by atoms with E-state index >= 15 is 0 Å². The highest BCUT2D eigenvalue weighted by molar-refractivity contribution is 6.32. The van der Waals surface area contributed by atoms with Crippen LogP contribution in [-0.4, -0.2) is 18.3 Å². The first-order chi connectivity index (χ1) is 8.45. The first-order valence-electron chi connectivity index (χ1n) is 6.29. The van der Waals surface area contributed by atoms with Crippen molar-refractivity contribution in [2.24, 2.45) is 0 Å². The van der Waals surface area contributed by atoms with E-state index in [4.69, 9.17) is 21.1 Å². The Labute approximate surface area is 113 Å². The van der Waals surface area contributed by atoms with Crippen LogP contribution in [0.3, 0.4) is 0 Å². The second-order valence-corrected chi connectivity index (χ2v) is 5.41. The molecule has 1 aliphatic heterocycles. The molecule has 1 aromatic carbocycles. The number of hydrogen-bond donors (Lipinski definition) is 1.